The molecule has 0 bridgehead atoms. The number of aromatic amines is 3. The summed E-state index contributed by atoms with van der Waals surface area (Å²) in [4.78, 5) is 26.0. The molecule has 1 aliphatic rings. The van der Waals surface area contributed by atoms with Crippen molar-refractivity contribution in [3.63, 3.8) is 0 Å². The number of hydrogen-bond donors (Lipinski definition) is 3. The minimum Gasteiger partial charge on any atom is -0.356 e. The molecule has 7 nitrogen and oxygen atoms in total. The second-order valence-electron chi connectivity index (χ2n) is 5.82. The Bertz CT molecular complexity index is 852. The summed E-state index contributed by atoms with van der Waals surface area (Å²) in [6, 6.07) is 2.01. The number of hydrogen-bond acceptors (Lipinski definition) is 4. The Balaban J connectivity index is 1.57. The lowest BCUT2D eigenvalue weighted by atomic mass is 9.89. The van der Waals surface area contributed by atoms with Gasteiger partial charge < -0.3 is 15.0 Å². The molecule has 0 aromatic carbocycles. The second-order valence-corrected chi connectivity index (χ2v) is 5.82. The van der Waals surface area contributed by atoms with Gasteiger partial charge in [0, 0.05) is 30.5 Å². The van der Waals surface area contributed by atoms with Gasteiger partial charge >= 0.3 is 0 Å². The van der Waals surface area contributed by atoms with Crippen molar-refractivity contribution in [3.8, 4) is 0 Å². The van der Waals surface area contributed by atoms with Gasteiger partial charge in [0.05, 0.1) is 5.39 Å². The van der Waals surface area contributed by atoms with E-state index in [0.29, 0.717) is 5.92 Å². The van der Waals surface area contributed by atoms with Crippen LogP contribution in [0.15, 0.2) is 23.4 Å². The van der Waals surface area contributed by atoms with E-state index in [-0.39, 0.29) is 5.56 Å². The number of anilines is 1. The van der Waals surface area contributed by atoms with E-state index in [9.17, 15) is 4.79 Å². The molecule has 3 aromatic rings. The molecule has 1 saturated heterocycles. The van der Waals surface area contributed by atoms with Crippen LogP contribution in [0.4, 0.5) is 5.82 Å². The fourth-order valence-electron chi connectivity index (χ4n) is 3.44. The van der Waals surface area contributed by atoms with Crippen LogP contribution in [-0.4, -0.2) is 38.2 Å². The maximum absolute atomic E-state index is 11.9. The van der Waals surface area contributed by atoms with Gasteiger partial charge in [-0.1, -0.05) is 0 Å². The van der Waals surface area contributed by atoms with E-state index >= 15 is 0 Å². The molecule has 0 saturated carbocycles. The number of aromatic nitrogens is 5. The van der Waals surface area contributed by atoms with Crippen LogP contribution in [0.25, 0.3) is 11.0 Å². The maximum atomic E-state index is 11.9. The highest BCUT2D eigenvalue weighted by molar-refractivity contribution is 5.87. The van der Waals surface area contributed by atoms with E-state index in [2.05, 4.69) is 30.0 Å². The first-order valence-corrected chi connectivity index (χ1v) is 7.54. The van der Waals surface area contributed by atoms with E-state index in [1.165, 1.54) is 0 Å². The van der Waals surface area contributed by atoms with Crippen molar-refractivity contribution in [1.29, 1.82) is 0 Å². The summed E-state index contributed by atoms with van der Waals surface area (Å²) < 4.78 is 0. The van der Waals surface area contributed by atoms with Crippen molar-refractivity contribution in [3.05, 3.63) is 40.2 Å². The molecule has 0 aliphatic carbocycles. The smallest absolute Gasteiger partial charge is 0.267 e. The largest absolute Gasteiger partial charge is 0.356 e. The van der Waals surface area contributed by atoms with Gasteiger partial charge in [-0.2, -0.15) is 0 Å². The lowest BCUT2D eigenvalue weighted by Crippen LogP contribution is -2.34. The van der Waals surface area contributed by atoms with Gasteiger partial charge in [-0.05, 0) is 31.7 Å². The van der Waals surface area contributed by atoms with Crippen LogP contribution in [0, 0.1) is 6.92 Å². The first-order chi connectivity index (χ1) is 10.7. The summed E-state index contributed by atoms with van der Waals surface area (Å²) in [5, 5.41) is 6.65. The third kappa shape index (κ3) is 2.01. The molecule has 4 heterocycles. The average molecular weight is 298 g/mol. The number of aryl methyl sites for hydroxylation is 1. The van der Waals surface area contributed by atoms with E-state index in [1.807, 2.05) is 19.2 Å². The van der Waals surface area contributed by atoms with Gasteiger partial charge in [-0.3, -0.25) is 9.89 Å². The molecule has 0 unspecified atom stereocenters. The van der Waals surface area contributed by atoms with Crippen molar-refractivity contribution in [1.82, 2.24) is 25.1 Å². The Morgan fingerprint density at radius 3 is 2.77 bits per heavy atom. The summed E-state index contributed by atoms with van der Waals surface area (Å²) in [6.45, 7) is 3.74. The number of nitrogens with one attached hydrogen (secondary N) is 3. The Morgan fingerprint density at radius 2 is 2.05 bits per heavy atom. The summed E-state index contributed by atoms with van der Waals surface area (Å²) in [6.07, 6.45) is 5.40. The van der Waals surface area contributed by atoms with Crippen LogP contribution in [-0.2, 0) is 0 Å². The molecule has 22 heavy (non-hydrogen) atoms. The lowest BCUT2D eigenvalue weighted by Gasteiger charge is -2.32. The predicted molar refractivity (Wildman–Crippen MR) is 84.2 cm³/mol. The zero-order valence-electron chi connectivity index (χ0n) is 12.4. The zero-order valence-corrected chi connectivity index (χ0v) is 12.4. The minimum absolute atomic E-state index is 0.0195. The molecule has 0 atom stereocenters. The molecule has 1 fully saturated rings. The van der Waals surface area contributed by atoms with Crippen LogP contribution < -0.4 is 10.5 Å². The van der Waals surface area contributed by atoms with Crippen molar-refractivity contribution in [2.24, 2.45) is 0 Å². The summed E-state index contributed by atoms with van der Waals surface area (Å²) in [5.41, 5.74) is 2.75. The van der Waals surface area contributed by atoms with E-state index in [4.69, 9.17) is 0 Å². The molecular formula is C15H18N6O. The third-order valence-electron chi connectivity index (χ3n) is 4.55. The number of H-pyrrole nitrogens is 3. The number of piperidine rings is 1. The average Bonchev–Trinajstić information content (AvgIpc) is 3.14. The van der Waals surface area contributed by atoms with E-state index in [0.717, 1.165) is 54.0 Å². The monoisotopic (exact) mass is 298 g/mol. The highest BCUT2D eigenvalue weighted by atomic mass is 16.1. The van der Waals surface area contributed by atoms with Gasteiger partial charge in [0.2, 0.25) is 0 Å². The first-order valence-electron chi connectivity index (χ1n) is 7.54. The molecule has 0 spiro atoms. The Labute approximate surface area is 126 Å². The predicted octanol–water partition coefficient (Wildman–Crippen LogP) is 1.67. The fraction of sp³-hybridized carbons (Fsp3) is 0.400. The quantitative estimate of drug-likeness (QED) is 0.671. The van der Waals surface area contributed by atoms with E-state index in [1.54, 1.807) is 6.33 Å². The van der Waals surface area contributed by atoms with E-state index < -0.39 is 0 Å². The zero-order chi connectivity index (χ0) is 15.1. The van der Waals surface area contributed by atoms with Gasteiger partial charge in [0.15, 0.2) is 0 Å². The third-order valence-corrected chi connectivity index (χ3v) is 4.55. The Morgan fingerprint density at radius 1 is 1.23 bits per heavy atom. The highest BCUT2D eigenvalue weighted by Crippen LogP contribution is 2.31. The van der Waals surface area contributed by atoms with Crippen molar-refractivity contribution in [2.45, 2.75) is 25.7 Å². The fourth-order valence-corrected chi connectivity index (χ4v) is 3.44. The standard InChI is InChI=1S/C15H18N6O/c1-9-12(15(22)20-19-9)10-3-6-21(7-4-10)14-11-2-5-16-13(11)17-8-18-14/h2,5,8,10H,3-4,6-7H2,1H3,(H,16,17,18)(H2,19,20,22). The molecule has 0 amide bonds. The van der Waals surface area contributed by atoms with Crippen molar-refractivity contribution >= 4 is 16.9 Å². The minimum atomic E-state index is 0.0195. The summed E-state index contributed by atoms with van der Waals surface area (Å²) in [7, 11) is 0. The van der Waals surface area contributed by atoms with Crippen LogP contribution in [0.5, 0.6) is 0 Å². The Kier molecular flexibility index (Phi) is 2.99. The molecule has 1 aliphatic heterocycles. The maximum Gasteiger partial charge on any atom is 0.267 e. The molecule has 4 rings (SSSR count). The molecule has 0 radical (unpaired) electrons. The van der Waals surface area contributed by atoms with Crippen LogP contribution in [0.3, 0.4) is 0 Å². The van der Waals surface area contributed by atoms with Gasteiger partial charge in [-0.15, -0.1) is 0 Å². The molecule has 7 heteroatoms. The molecule has 3 N–H and O–H groups in total. The highest BCUT2D eigenvalue weighted by Gasteiger charge is 2.26. The molecule has 3 aromatic heterocycles. The molecule has 114 valence electrons. The topological polar surface area (TPSA) is 93.5 Å². The SMILES string of the molecule is Cc1[nH][nH]c(=O)c1C1CCN(c2ncnc3[nH]ccc23)CC1. The normalized spacial score (nSPS) is 16.5. The number of nitrogens with zero attached hydrogens (tertiary/aromatic N) is 3. The van der Waals surface area contributed by atoms with Gasteiger partial charge in [0.25, 0.3) is 5.56 Å². The Hall–Kier alpha value is -2.57. The van der Waals surface area contributed by atoms with Crippen LogP contribution >= 0.6 is 0 Å². The first kappa shape index (κ1) is 13.1. The number of fused-ring (bicyclic) bond motifs is 1. The van der Waals surface area contributed by atoms with Crippen molar-refractivity contribution < 1.29 is 0 Å². The molecular weight excluding hydrogens is 280 g/mol. The van der Waals surface area contributed by atoms with Crippen LogP contribution in [0.1, 0.15) is 30.0 Å². The van der Waals surface area contributed by atoms with Gasteiger partial charge in [0.1, 0.15) is 17.8 Å². The lowest BCUT2D eigenvalue weighted by molar-refractivity contribution is 0.500. The number of rotatable bonds is 2. The summed E-state index contributed by atoms with van der Waals surface area (Å²) in [5.74, 6) is 1.29. The second kappa shape index (κ2) is 5.01. The van der Waals surface area contributed by atoms with Crippen molar-refractivity contribution in [2.75, 3.05) is 18.0 Å². The van der Waals surface area contributed by atoms with Gasteiger partial charge in [-0.25, -0.2) is 9.97 Å². The van der Waals surface area contributed by atoms with Crippen LogP contribution in [0.2, 0.25) is 0 Å². The summed E-state index contributed by atoms with van der Waals surface area (Å²) >= 11 is 0.